The number of aromatic amines is 1. The van der Waals surface area contributed by atoms with E-state index in [1.165, 1.54) is 28.7 Å². The Hall–Kier alpha value is -2.20. The van der Waals surface area contributed by atoms with E-state index < -0.39 is 5.91 Å². The lowest BCUT2D eigenvalue weighted by Crippen LogP contribution is -2.30. The summed E-state index contributed by atoms with van der Waals surface area (Å²) in [6.07, 6.45) is 1.50. The van der Waals surface area contributed by atoms with Crippen LogP contribution in [0.5, 0.6) is 0 Å². The fourth-order valence-corrected chi connectivity index (χ4v) is 2.29. The zero-order chi connectivity index (χ0) is 14.5. The van der Waals surface area contributed by atoms with Crippen molar-refractivity contribution in [3.63, 3.8) is 0 Å². The third-order valence-electron chi connectivity index (χ3n) is 2.31. The minimum atomic E-state index is -0.492. The second-order valence-corrected chi connectivity index (χ2v) is 4.96. The maximum atomic E-state index is 11.3. The smallest absolute Gasteiger partial charge is 0.287 e. The number of nitrogens with two attached hydrogens (primary N) is 1. The van der Waals surface area contributed by atoms with Crippen molar-refractivity contribution in [3.8, 4) is 0 Å². The number of nitrogens with one attached hydrogen (secondary N) is 2. The molecule has 1 amide bonds. The van der Waals surface area contributed by atoms with Crippen LogP contribution in [0.3, 0.4) is 0 Å². The molecular weight excluding hydrogens is 282 g/mol. The largest absolute Gasteiger partial charge is 0.301 e. The molecule has 0 saturated heterocycles. The van der Waals surface area contributed by atoms with Gasteiger partial charge in [-0.1, -0.05) is 17.0 Å². The van der Waals surface area contributed by atoms with Crippen molar-refractivity contribution in [2.75, 3.05) is 5.75 Å². The van der Waals surface area contributed by atoms with Crippen LogP contribution in [0.15, 0.2) is 22.2 Å². The maximum absolute atomic E-state index is 11.3. The Morgan fingerprint density at radius 1 is 1.60 bits per heavy atom. The Bertz CT molecular complexity index is 666. The normalized spacial score (nSPS) is 10.5. The Balaban J connectivity index is 1.91. The van der Waals surface area contributed by atoms with Gasteiger partial charge in [0.05, 0.1) is 12.7 Å². The Kier molecular flexibility index (Phi) is 4.48. The summed E-state index contributed by atoms with van der Waals surface area (Å²) in [6, 6.07) is 1.43. The lowest BCUT2D eigenvalue weighted by molar-refractivity contribution is 0.0948. The SMILES string of the molecule is Cc1cc(=O)[nH]c(SCCn2cc(C(=O)NN)nn2)n1. The van der Waals surface area contributed by atoms with Gasteiger partial charge in [-0.3, -0.25) is 19.7 Å². The molecule has 10 heteroatoms. The fourth-order valence-electron chi connectivity index (χ4n) is 1.44. The van der Waals surface area contributed by atoms with Gasteiger partial charge in [-0.05, 0) is 6.92 Å². The first-order valence-electron chi connectivity index (χ1n) is 5.70. The standard InChI is InChI=1S/C10H13N7O2S/c1-6-4-8(18)13-10(12-6)20-3-2-17-5-7(15-16-17)9(19)14-11/h4-5H,2-3,11H2,1H3,(H,14,19)(H,12,13,18). The predicted octanol–water partition coefficient (Wildman–Crippen LogP) is -0.934. The molecule has 0 aliphatic carbocycles. The number of thioether (sulfide) groups is 1. The summed E-state index contributed by atoms with van der Waals surface area (Å²) in [5.74, 6) is 5.13. The molecule has 0 aliphatic rings. The number of carbonyl (C=O) groups is 1. The van der Waals surface area contributed by atoms with Gasteiger partial charge < -0.3 is 4.98 Å². The van der Waals surface area contributed by atoms with Crippen LogP contribution in [0, 0.1) is 6.92 Å². The molecule has 0 aliphatic heterocycles. The number of nitrogen functional groups attached to an aromatic ring is 1. The second kappa shape index (κ2) is 6.30. The molecule has 9 nitrogen and oxygen atoms in total. The number of hydrazine groups is 1. The molecular formula is C10H13N7O2S. The molecule has 4 N–H and O–H groups in total. The monoisotopic (exact) mass is 295 g/mol. The highest BCUT2D eigenvalue weighted by Gasteiger charge is 2.08. The summed E-state index contributed by atoms with van der Waals surface area (Å²) in [4.78, 5) is 29.3. The molecule has 0 saturated carbocycles. The van der Waals surface area contributed by atoms with Gasteiger partial charge in [-0.15, -0.1) is 5.10 Å². The van der Waals surface area contributed by atoms with E-state index in [-0.39, 0.29) is 11.3 Å². The lowest BCUT2D eigenvalue weighted by Gasteiger charge is -2.01. The van der Waals surface area contributed by atoms with E-state index in [4.69, 9.17) is 5.84 Å². The number of hydrogen-bond acceptors (Lipinski definition) is 7. The number of aromatic nitrogens is 5. The van der Waals surface area contributed by atoms with E-state index >= 15 is 0 Å². The number of amides is 1. The predicted molar refractivity (Wildman–Crippen MR) is 72.0 cm³/mol. The summed E-state index contributed by atoms with van der Waals surface area (Å²) in [7, 11) is 0. The van der Waals surface area contributed by atoms with Crippen molar-refractivity contribution in [2.24, 2.45) is 5.84 Å². The molecule has 2 heterocycles. The van der Waals surface area contributed by atoms with Crippen molar-refractivity contribution >= 4 is 17.7 Å². The highest BCUT2D eigenvalue weighted by molar-refractivity contribution is 7.99. The summed E-state index contributed by atoms with van der Waals surface area (Å²) in [5.41, 5.74) is 2.62. The van der Waals surface area contributed by atoms with E-state index in [9.17, 15) is 9.59 Å². The molecule has 0 aromatic carbocycles. The van der Waals surface area contributed by atoms with Crippen LogP contribution in [0.25, 0.3) is 0 Å². The molecule has 2 rings (SSSR count). The number of nitrogens with zero attached hydrogens (tertiary/aromatic N) is 4. The van der Waals surface area contributed by atoms with Crippen LogP contribution >= 0.6 is 11.8 Å². The van der Waals surface area contributed by atoms with Gasteiger partial charge in [0.2, 0.25) is 0 Å². The number of carbonyl (C=O) groups excluding carboxylic acids is 1. The third kappa shape index (κ3) is 3.65. The van der Waals surface area contributed by atoms with Crippen LogP contribution in [-0.2, 0) is 6.54 Å². The zero-order valence-electron chi connectivity index (χ0n) is 10.7. The minimum absolute atomic E-state index is 0.152. The van der Waals surface area contributed by atoms with Gasteiger partial charge >= 0.3 is 0 Å². The summed E-state index contributed by atoms with van der Waals surface area (Å²) in [6.45, 7) is 2.28. The molecule has 2 aromatic rings. The van der Waals surface area contributed by atoms with Gasteiger partial charge in [-0.25, -0.2) is 10.8 Å². The Morgan fingerprint density at radius 2 is 2.40 bits per heavy atom. The number of aryl methyl sites for hydroxylation is 2. The highest BCUT2D eigenvalue weighted by atomic mass is 32.2. The highest BCUT2D eigenvalue weighted by Crippen LogP contribution is 2.11. The Morgan fingerprint density at radius 3 is 3.10 bits per heavy atom. The Labute approximate surface area is 117 Å². The number of rotatable bonds is 5. The van der Waals surface area contributed by atoms with E-state index in [0.29, 0.717) is 23.1 Å². The number of H-pyrrole nitrogens is 1. The van der Waals surface area contributed by atoms with Gasteiger partial charge in [0.15, 0.2) is 10.9 Å². The van der Waals surface area contributed by atoms with Crippen molar-refractivity contribution in [3.05, 3.63) is 34.0 Å². The quantitative estimate of drug-likeness (QED) is 0.213. The van der Waals surface area contributed by atoms with Crippen molar-refractivity contribution in [1.82, 2.24) is 30.4 Å². The summed E-state index contributed by atoms with van der Waals surface area (Å²) < 4.78 is 1.52. The zero-order valence-corrected chi connectivity index (χ0v) is 11.5. The van der Waals surface area contributed by atoms with Crippen LogP contribution in [0.4, 0.5) is 0 Å². The van der Waals surface area contributed by atoms with E-state index in [2.05, 4.69) is 20.3 Å². The van der Waals surface area contributed by atoms with Gasteiger partial charge in [0.25, 0.3) is 11.5 Å². The molecule has 20 heavy (non-hydrogen) atoms. The molecule has 2 aromatic heterocycles. The van der Waals surface area contributed by atoms with Crippen LogP contribution in [-0.4, -0.2) is 36.6 Å². The van der Waals surface area contributed by atoms with E-state index in [0.717, 1.165) is 0 Å². The van der Waals surface area contributed by atoms with Crippen LogP contribution in [0.2, 0.25) is 0 Å². The van der Waals surface area contributed by atoms with Gasteiger partial charge in [0, 0.05) is 17.5 Å². The first-order valence-corrected chi connectivity index (χ1v) is 6.69. The van der Waals surface area contributed by atoms with E-state index in [1.807, 2.05) is 5.43 Å². The first-order chi connectivity index (χ1) is 9.58. The first kappa shape index (κ1) is 14.2. The maximum Gasteiger partial charge on any atom is 0.287 e. The molecule has 0 spiro atoms. The van der Waals surface area contributed by atoms with Crippen molar-refractivity contribution in [1.29, 1.82) is 0 Å². The molecule has 0 unspecified atom stereocenters. The molecule has 0 atom stereocenters. The average molecular weight is 295 g/mol. The third-order valence-corrected chi connectivity index (χ3v) is 3.16. The second-order valence-electron chi connectivity index (χ2n) is 3.88. The number of hydrogen-bond donors (Lipinski definition) is 3. The lowest BCUT2D eigenvalue weighted by atomic mass is 10.5. The fraction of sp³-hybridized carbons (Fsp3) is 0.300. The molecule has 0 bridgehead atoms. The molecule has 106 valence electrons. The van der Waals surface area contributed by atoms with Crippen molar-refractivity contribution in [2.45, 2.75) is 18.6 Å². The van der Waals surface area contributed by atoms with Gasteiger partial charge in [-0.2, -0.15) is 0 Å². The van der Waals surface area contributed by atoms with Gasteiger partial charge in [0.1, 0.15) is 0 Å². The van der Waals surface area contributed by atoms with Crippen LogP contribution < -0.4 is 16.8 Å². The molecule has 0 radical (unpaired) electrons. The van der Waals surface area contributed by atoms with Crippen LogP contribution in [0.1, 0.15) is 16.2 Å². The van der Waals surface area contributed by atoms with Crippen molar-refractivity contribution < 1.29 is 4.79 Å². The van der Waals surface area contributed by atoms with E-state index in [1.54, 1.807) is 6.92 Å². The minimum Gasteiger partial charge on any atom is -0.301 e. The summed E-state index contributed by atoms with van der Waals surface area (Å²) in [5, 5.41) is 8.03. The topological polar surface area (TPSA) is 132 Å². The summed E-state index contributed by atoms with van der Waals surface area (Å²) >= 11 is 1.39. The molecule has 0 fully saturated rings. The average Bonchev–Trinajstić information content (AvgIpc) is 2.85.